The lowest BCUT2D eigenvalue weighted by Gasteiger charge is -2.32. The summed E-state index contributed by atoms with van der Waals surface area (Å²) in [6, 6.07) is 9.50. The van der Waals surface area contributed by atoms with E-state index < -0.39 is 11.7 Å². The molecule has 38 heavy (non-hydrogen) atoms. The molecule has 1 saturated heterocycles. The van der Waals surface area contributed by atoms with Crippen LogP contribution in [-0.4, -0.2) is 49.8 Å². The molecule has 2 aliphatic heterocycles. The zero-order chi connectivity index (χ0) is 26.7. The van der Waals surface area contributed by atoms with E-state index in [2.05, 4.69) is 11.0 Å². The monoisotopic (exact) mass is 531 g/mol. The van der Waals surface area contributed by atoms with E-state index in [1.807, 2.05) is 13.0 Å². The first-order valence-electron chi connectivity index (χ1n) is 13.1. The number of hydrogen-bond acceptors (Lipinski definition) is 6. The third-order valence-electron chi connectivity index (χ3n) is 6.88. The highest BCUT2D eigenvalue weighted by Gasteiger charge is 2.36. The number of esters is 1. The molecule has 3 aliphatic rings. The van der Waals surface area contributed by atoms with Gasteiger partial charge < -0.3 is 18.9 Å². The molecule has 1 aliphatic carbocycles. The number of alkyl halides is 3. The number of likely N-dealkylation sites (tertiary alicyclic amines) is 1. The van der Waals surface area contributed by atoms with Gasteiger partial charge in [0.15, 0.2) is 0 Å². The van der Waals surface area contributed by atoms with E-state index in [0.717, 1.165) is 56.0 Å². The summed E-state index contributed by atoms with van der Waals surface area (Å²) in [6.07, 6.45) is 0.843. The zero-order valence-corrected chi connectivity index (χ0v) is 21.4. The number of halogens is 3. The van der Waals surface area contributed by atoms with Gasteiger partial charge in [0.25, 0.3) is 0 Å². The number of hydrogen-bond donors (Lipinski definition) is 0. The second-order valence-corrected chi connectivity index (χ2v) is 10.1. The summed E-state index contributed by atoms with van der Waals surface area (Å²) < 4.78 is 63.1. The standard InChI is InChI=1S/C29H32F3NO5/c1-2-35-28(34)22-4-3-11-33(16-22)15-20-12-21-6-7-24(14-27(21)37-18-20)36-17-19-5-10-26(38-23-8-9-23)25(13-19)29(30,31)32/h5-7,10,12-14,22-23H,2-4,8-9,11,15-18H2,1H3/t22-/m1/s1. The van der Waals surface area contributed by atoms with Gasteiger partial charge in [-0.1, -0.05) is 6.07 Å². The van der Waals surface area contributed by atoms with Crippen LogP contribution < -0.4 is 14.2 Å². The fraction of sp³-hybridized carbons (Fsp3) is 0.483. The molecule has 2 fully saturated rings. The molecule has 2 aromatic carbocycles. The number of rotatable bonds is 9. The van der Waals surface area contributed by atoms with E-state index in [9.17, 15) is 18.0 Å². The summed E-state index contributed by atoms with van der Waals surface area (Å²) in [5, 5.41) is 0. The lowest BCUT2D eigenvalue weighted by atomic mass is 9.97. The van der Waals surface area contributed by atoms with E-state index in [1.54, 1.807) is 18.2 Å². The van der Waals surface area contributed by atoms with Crippen molar-refractivity contribution in [1.82, 2.24) is 4.90 Å². The van der Waals surface area contributed by atoms with Crippen LogP contribution >= 0.6 is 0 Å². The Bertz CT molecular complexity index is 1190. The lowest BCUT2D eigenvalue weighted by Crippen LogP contribution is -2.40. The lowest BCUT2D eigenvalue weighted by molar-refractivity contribution is -0.149. The van der Waals surface area contributed by atoms with Crippen LogP contribution in [0.4, 0.5) is 13.2 Å². The summed E-state index contributed by atoms with van der Waals surface area (Å²) in [5.74, 6) is 0.838. The Balaban J connectivity index is 1.20. The smallest absolute Gasteiger partial charge is 0.419 e. The highest BCUT2D eigenvalue weighted by atomic mass is 19.4. The Morgan fingerprint density at radius 2 is 1.97 bits per heavy atom. The SMILES string of the molecule is CCOC(=O)[C@@H]1CCCN(CC2=Cc3ccc(OCc4ccc(OC5CC5)c(C(F)(F)F)c4)cc3OC2)C1. The highest BCUT2D eigenvalue weighted by molar-refractivity contribution is 5.72. The number of carbonyl (C=O) groups excluding carboxylic acids is 1. The summed E-state index contributed by atoms with van der Waals surface area (Å²) in [4.78, 5) is 14.4. The molecule has 2 heterocycles. The maximum atomic E-state index is 13.6. The molecule has 0 bridgehead atoms. The van der Waals surface area contributed by atoms with Gasteiger partial charge in [-0.05, 0) is 80.6 Å². The Labute approximate surface area is 220 Å². The molecule has 2 aromatic rings. The van der Waals surface area contributed by atoms with Gasteiger partial charge in [-0.15, -0.1) is 0 Å². The van der Waals surface area contributed by atoms with Crippen molar-refractivity contribution < 1.29 is 36.9 Å². The molecule has 204 valence electrons. The van der Waals surface area contributed by atoms with Crippen molar-refractivity contribution in [2.75, 3.05) is 32.8 Å². The molecule has 6 nitrogen and oxygen atoms in total. The van der Waals surface area contributed by atoms with Crippen LogP contribution in [0, 0.1) is 5.92 Å². The Kier molecular flexibility index (Phi) is 7.83. The molecule has 0 N–H and O–H groups in total. The first-order valence-corrected chi connectivity index (χ1v) is 13.1. The van der Waals surface area contributed by atoms with Crippen molar-refractivity contribution in [3.05, 3.63) is 58.7 Å². The molecule has 1 atom stereocenters. The number of benzene rings is 2. The van der Waals surface area contributed by atoms with E-state index in [1.165, 1.54) is 6.07 Å². The molecule has 0 spiro atoms. The molecule has 0 amide bonds. The molecule has 1 saturated carbocycles. The van der Waals surface area contributed by atoms with Crippen molar-refractivity contribution in [3.8, 4) is 17.2 Å². The van der Waals surface area contributed by atoms with Crippen molar-refractivity contribution in [3.63, 3.8) is 0 Å². The first-order chi connectivity index (χ1) is 18.3. The normalized spacial score (nSPS) is 19.7. The van der Waals surface area contributed by atoms with E-state index >= 15 is 0 Å². The van der Waals surface area contributed by atoms with Gasteiger partial charge in [0.05, 0.1) is 24.2 Å². The van der Waals surface area contributed by atoms with Crippen LogP contribution in [0.2, 0.25) is 0 Å². The molecular weight excluding hydrogens is 499 g/mol. The van der Waals surface area contributed by atoms with E-state index in [4.69, 9.17) is 18.9 Å². The molecular formula is C29H32F3NO5. The number of nitrogens with zero attached hydrogens (tertiary/aromatic N) is 1. The van der Waals surface area contributed by atoms with Gasteiger partial charge in [-0.25, -0.2) is 0 Å². The van der Waals surface area contributed by atoms with Crippen LogP contribution in [-0.2, 0) is 22.3 Å². The fourth-order valence-electron chi connectivity index (χ4n) is 4.83. The fourth-order valence-corrected chi connectivity index (χ4v) is 4.83. The summed E-state index contributed by atoms with van der Waals surface area (Å²) in [7, 11) is 0. The number of carbonyl (C=O) groups is 1. The van der Waals surface area contributed by atoms with Crippen LogP contribution in [0.25, 0.3) is 6.08 Å². The minimum Gasteiger partial charge on any atom is -0.490 e. The van der Waals surface area contributed by atoms with Crippen molar-refractivity contribution in [2.45, 2.75) is 51.5 Å². The second-order valence-electron chi connectivity index (χ2n) is 10.1. The molecule has 0 aromatic heterocycles. The number of fused-ring (bicyclic) bond motifs is 1. The predicted octanol–water partition coefficient (Wildman–Crippen LogP) is 5.88. The van der Waals surface area contributed by atoms with E-state index in [0.29, 0.717) is 36.8 Å². The first kappa shape index (κ1) is 26.4. The third-order valence-corrected chi connectivity index (χ3v) is 6.88. The largest absolute Gasteiger partial charge is 0.490 e. The van der Waals surface area contributed by atoms with Crippen molar-refractivity contribution >= 4 is 12.0 Å². The summed E-state index contributed by atoms with van der Waals surface area (Å²) in [6.45, 7) is 4.96. The van der Waals surface area contributed by atoms with Crippen LogP contribution in [0.5, 0.6) is 17.2 Å². The number of piperidine rings is 1. The van der Waals surface area contributed by atoms with Gasteiger partial charge in [-0.2, -0.15) is 13.2 Å². The third kappa shape index (κ3) is 6.62. The Morgan fingerprint density at radius 1 is 1.13 bits per heavy atom. The van der Waals surface area contributed by atoms with Crippen LogP contribution in [0.3, 0.4) is 0 Å². The van der Waals surface area contributed by atoms with Crippen molar-refractivity contribution in [2.24, 2.45) is 5.92 Å². The average Bonchev–Trinajstić information content (AvgIpc) is 3.72. The average molecular weight is 532 g/mol. The van der Waals surface area contributed by atoms with Gasteiger partial charge in [0.2, 0.25) is 0 Å². The topological polar surface area (TPSA) is 57.2 Å². The predicted molar refractivity (Wildman–Crippen MR) is 135 cm³/mol. The van der Waals surface area contributed by atoms with Gasteiger partial charge in [0, 0.05) is 24.7 Å². The van der Waals surface area contributed by atoms with Crippen molar-refractivity contribution in [1.29, 1.82) is 0 Å². The molecule has 0 unspecified atom stereocenters. The minimum absolute atomic E-state index is 0.0107. The van der Waals surface area contributed by atoms with Gasteiger partial charge in [-0.3, -0.25) is 9.69 Å². The summed E-state index contributed by atoms with van der Waals surface area (Å²) in [5.41, 5.74) is 1.66. The minimum atomic E-state index is -4.50. The van der Waals surface area contributed by atoms with E-state index in [-0.39, 0.29) is 30.3 Å². The zero-order valence-electron chi connectivity index (χ0n) is 21.4. The Morgan fingerprint density at radius 3 is 2.74 bits per heavy atom. The Hall–Kier alpha value is -3.20. The van der Waals surface area contributed by atoms with Crippen LogP contribution in [0.1, 0.15) is 49.3 Å². The van der Waals surface area contributed by atoms with Gasteiger partial charge >= 0.3 is 12.1 Å². The molecule has 5 rings (SSSR count). The van der Waals surface area contributed by atoms with Gasteiger partial charge in [0.1, 0.15) is 30.5 Å². The summed E-state index contributed by atoms with van der Waals surface area (Å²) >= 11 is 0. The second kappa shape index (κ2) is 11.3. The highest BCUT2D eigenvalue weighted by Crippen LogP contribution is 2.39. The maximum absolute atomic E-state index is 13.6. The number of ether oxygens (including phenoxy) is 4. The molecule has 0 radical (unpaired) electrons. The van der Waals surface area contributed by atoms with Crippen LogP contribution in [0.15, 0.2) is 42.0 Å². The molecule has 9 heteroatoms. The maximum Gasteiger partial charge on any atom is 0.419 e. The quantitative estimate of drug-likeness (QED) is 0.377.